The number of carbonyl (C=O) groups excluding carboxylic acids is 1. The molecule has 5 rings (SSSR count). The van der Waals surface area contributed by atoms with Crippen molar-refractivity contribution in [2.24, 2.45) is 0 Å². The first-order chi connectivity index (χ1) is 14.1. The van der Waals surface area contributed by atoms with Crippen LogP contribution in [0.4, 0.5) is 0 Å². The third kappa shape index (κ3) is 3.62. The van der Waals surface area contributed by atoms with Crippen molar-refractivity contribution in [3.63, 3.8) is 0 Å². The van der Waals surface area contributed by atoms with Crippen LogP contribution in [0, 0.1) is 0 Å². The lowest BCUT2D eigenvalue weighted by Gasteiger charge is -2.32. The van der Waals surface area contributed by atoms with E-state index in [9.17, 15) is 4.79 Å². The summed E-state index contributed by atoms with van der Waals surface area (Å²) in [5.74, 6) is 2.35. The maximum Gasteiger partial charge on any atom is 0.253 e. The van der Waals surface area contributed by atoms with E-state index in [0.29, 0.717) is 5.92 Å². The number of rotatable bonds is 2. The number of amides is 1. The van der Waals surface area contributed by atoms with E-state index >= 15 is 0 Å². The molecule has 0 unspecified atom stereocenters. The van der Waals surface area contributed by atoms with Crippen LogP contribution in [0.3, 0.4) is 0 Å². The maximum absolute atomic E-state index is 13.0. The largest absolute Gasteiger partial charge is 0.490 e. The quantitative estimate of drug-likeness (QED) is 0.787. The van der Waals surface area contributed by atoms with Crippen LogP contribution in [-0.2, 0) is 19.4 Å². The summed E-state index contributed by atoms with van der Waals surface area (Å²) in [6.45, 7) is 5.58. The van der Waals surface area contributed by atoms with Gasteiger partial charge in [0.15, 0.2) is 0 Å². The van der Waals surface area contributed by atoms with E-state index in [1.54, 1.807) is 0 Å². The number of hydrogen-bond acceptors (Lipinski definition) is 5. The lowest BCUT2D eigenvalue weighted by Crippen LogP contribution is -2.38. The number of piperidine rings is 1. The molecule has 152 valence electrons. The Bertz CT molecular complexity index is 936. The fourth-order valence-electron chi connectivity index (χ4n) is 4.75. The normalized spacial score (nSPS) is 22.1. The van der Waals surface area contributed by atoms with Gasteiger partial charge < -0.3 is 14.5 Å². The Morgan fingerprint density at radius 1 is 1.17 bits per heavy atom. The van der Waals surface area contributed by atoms with E-state index < -0.39 is 0 Å². The molecule has 1 aromatic carbocycles. The molecule has 1 fully saturated rings. The van der Waals surface area contributed by atoms with Crippen LogP contribution in [0.25, 0.3) is 0 Å². The molecule has 1 amide bonds. The van der Waals surface area contributed by atoms with E-state index in [0.717, 1.165) is 74.6 Å². The minimum Gasteiger partial charge on any atom is -0.490 e. The zero-order chi connectivity index (χ0) is 20.0. The van der Waals surface area contributed by atoms with E-state index in [2.05, 4.69) is 23.9 Å². The summed E-state index contributed by atoms with van der Waals surface area (Å²) in [5.41, 5.74) is 4.38. The molecule has 29 heavy (non-hydrogen) atoms. The third-order valence-corrected chi connectivity index (χ3v) is 6.43. The molecule has 0 radical (unpaired) electrons. The first-order valence-corrected chi connectivity index (χ1v) is 10.7. The van der Waals surface area contributed by atoms with E-state index in [1.807, 2.05) is 29.3 Å². The lowest BCUT2D eigenvalue weighted by molar-refractivity contribution is 0.0711. The predicted octanol–water partition coefficient (Wildman–Crippen LogP) is 2.81. The summed E-state index contributed by atoms with van der Waals surface area (Å²) in [6.07, 6.45) is 5.94. The monoisotopic (exact) mass is 392 g/mol. The fourth-order valence-corrected chi connectivity index (χ4v) is 4.75. The minimum atomic E-state index is 0.125. The molecule has 4 heterocycles. The number of ether oxygens (including phenoxy) is 1. The molecule has 3 aliphatic rings. The summed E-state index contributed by atoms with van der Waals surface area (Å²) >= 11 is 0. The SMILES string of the molecule is C[C@H]1Cc2cc(C(=O)N3CCC(c4ncc5c(n4)CCN(C)C5)CC3)ccc2O1. The van der Waals surface area contributed by atoms with Gasteiger partial charge in [0.25, 0.3) is 5.91 Å². The molecule has 1 saturated heterocycles. The van der Waals surface area contributed by atoms with Crippen molar-refractivity contribution in [3.05, 3.63) is 52.6 Å². The summed E-state index contributed by atoms with van der Waals surface area (Å²) in [4.78, 5) is 26.8. The molecule has 3 aliphatic heterocycles. The first-order valence-electron chi connectivity index (χ1n) is 10.7. The van der Waals surface area contributed by atoms with E-state index in [-0.39, 0.29) is 12.0 Å². The van der Waals surface area contributed by atoms with Crippen molar-refractivity contribution >= 4 is 5.91 Å². The van der Waals surface area contributed by atoms with E-state index in [1.165, 1.54) is 11.3 Å². The van der Waals surface area contributed by atoms with Gasteiger partial charge >= 0.3 is 0 Å². The highest BCUT2D eigenvalue weighted by Gasteiger charge is 2.28. The van der Waals surface area contributed by atoms with Crippen LogP contribution in [-0.4, -0.2) is 58.5 Å². The molecule has 6 heteroatoms. The molecule has 0 spiro atoms. The zero-order valence-electron chi connectivity index (χ0n) is 17.2. The highest BCUT2D eigenvalue weighted by atomic mass is 16.5. The van der Waals surface area contributed by atoms with Gasteiger partial charge in [0, 0.05) is 68.0 Å². The van der Waals surface area contributed by atoms with Gasteiger partial charge in [-0.1, -0.05) is 0 Å². The van der Waals surface area contributed by atoms with Gasteiger partial charge in [-0.15, -0.1) is 0 Å². The van der Waals surface area contributed by atoms with Gasteiger partial charge in [-0.3, -0.25) is 4.79 Å². The predicted molar refractivity (Wildman–Crippen MR) is 110 cm³/mol. The second-order valence-corrected chi connectivity index (χ2v) is 8.71. The Balaban J connectivity index is 1.24. The molecule has 0 saturated carbocycles. The van der Waals surface area contributed by atoms with Crippen molar-refractivity contribution in [3.8, 4) is 5.75 Å². The number of nitrogens with zero attached hydrogens (tertiary/aromatic N) is 4. The van der Waals surface area contributed by atoms with Crippen LogP contribution in [0.15, 0.2) is 24.4 Å². The fraction of sp³-hybridized carbons (Fsp3) is 0.522. The summed E-state index contributed by atoms with van der Waals surface area (Å²) in [5, 5.41) is 0. The third-order valence-electron chi connectivity index (χ3n) is 6.43. The number of hydrogen-bond donors (Lipinski definition) is 0. The second kappa shape index (κ2) is 7.41. The lowest BCUT2D eigenvalue weighted by atomic mass is 9.94. The Hall–Kier alpha value is -2.47. The number of benzene rings is 1. The molecule has 1 atom stereocenters. The number of likely N-dealkylation sites (tertiary alicyclic amines) is 1. The molecular formula is C23H28N4O2. The van der Waals surface area contributed by atoms with Gasteiger partial charge in [-0.05, 0) is 50.6 Å². The Morgan fingerprint density at radius 2 is 2.00 bits per heavy atom. The highest BCUT2D eigenvalue weighted by Crippen LogP contribution is 2.31. The molecule has 0 aliphatic carbocycles. The van der Waals surface area contributed by atoms with Crippen molar-refractivity contribution in [1.82, 2.24) is 19.8 Å². The van der Waals surface area contributed by atoms with Crippen molar-refractivity contribution in [2.45, 2.75) is 51.2 Å². The number of carbonyl (C=O) groups is 1. The molecule has 2 aromatic rings. The van der Waals surface area contributed by atoms with Crippen LogP contribution in [0.5, 0.6) is 5.75 Å². The summed E-state index contributed by atoms with van der Waals surface area (Å²) < 4.78 is 5.75. The van der Waals surface area contributed by atoms with Crippen LogP contribution >= 0.6 is 0 Å². The average Bonchev–Trinajstić information content (AvgIpc) is 3.12. The number of aromatic nitrogens is 2. The number of likely N-dealkylation sites (N-methyl/N-ethyl adjacent to an activating group) is 1. The van der Waals surface area contributed by atoms with Gasteiger partial charge in [-0.2, -0.15) is 0 Å². The summed E-state index contributed by atoms with van der Waals surface area (Å²) in [6, 6.07) is 5.85. The molecule has 0 bridgehead atoms. The van der Waals surface area contributed by atoms with Crippen LogP contribution in [0.2, 0.25) is 0 Å². The van der Waals surface area contributed by atoms with Crippen LogP contribution < -0.4 is 4.74 Å². The Kier molecular flexibility index (Phi) is 4.74. The number of fused-ring (bicyclic) bond motifs is 2. The topological polar surface area (TPSA) is 58.6 Å². The van der Waals surface area contributed by atoms with Gasteiger partial charge in [0.2, 0.25) is 0 Å². The molecule has 6 nitrogen and oxygen atoms in total. The molecule has 0 N–H and O–H groups in total. The summed E-state index contributed by atoms with van der Waals surface area (Å²) in [7, 11) is 2.14. The molecular weight excluding hydrogens is 364 g/mol. The highest BCUT2D eigenvalue weighted by molar-refractivity contribution is 5.94. The van der Waals surface area contributed by atoms with Gasteiger partial charge in [0.1, 0.15) is 17.7 Å². The van der Waals surface area contributed by atoms with Crippen molar-refractivity contribution in [1.29, 1.82) is 0 Å². The maximum atomic E-state index is 13.0. The zero-order valence-corrected chi connectivity index (χ0v) is 17.2. The first kappa shape index (κ1) is 18.6. The van der Waals surface area contributed by atoms with Crippen molar-refractivity contribution in [2.75, 3.05) is 26.7 Å². The second-order valence-electron chi connectivity index (χ2n) is 8.71. The van der Waals surface area contributed by atoms with Crippen molar-refractivity contribution < 1.29 is 9.53 Å². The Labute approximate surface area is 171 Å². The molecule has 1 aromatic heterocycles. The van der Waals surface area contributed by atoms with Gasteiger partial charge in [0.05, 0.1) is 0 Å². The van der Waals surface area contributed by atoms with Crippen LogP contribution in [0.1, 0.15) is 58.7 Å². The van der Waals surface area contributed by atoms with Gasteiger partial charge in [-0.25, -0.2) is 9.97 Å². The minimum absolute atomic E-state index is 0.125. The standard InChI is InChI=1S/C23H28N4O2/c1-15-11-18-12-17(3-4-21(18)29-15)23(28)27-9-5-16(6-10-27)22-24-13-19-14-26(2)8-7-20(19)25-22/h3-4,12-13,15-16H,5-11,14H2,1-2H3/t15-/m0/s1. The van der Waals surface area contributed by atoms with E-state index in [4.69, 9.17) is 9.72 Å². The average molecular weight is 393 g/mol. The Morgan fingerprint density at radius 3 is 2.83 bits per heavy atom. The smallest absolute Gasteiger partial charge is 0.253 e.